The number of carbonyl (C=O) groups excluding carboxylic acids is 1. The summed E-state index contributed by atoms with van der Waals surface area (Å²) in [6, 6.07) is 7.55. The lowest BCUT2D eigenvalue weighted by Crippen LogP contribution is -2.07. The van der Waals surface area contributed by atoms with Crippen LogP contribution in [0, 0.1) is 27.7 Å². The predicted molar refractivity (Wildman–Crippen MR) is 70.9 cm³/mol. The zero-order valence-electron chi connectivity index (χ0n) is 11.1. The van der Waals surface area contributed by atoms with E-state index in [1.807, 2.05) is 39.0 Å². The summed E-state index contributed by atoms with van der Waals surface area (Å²) in [4.78, 5) is 12.4. The first kappa shape index (κ1) is 12.4. The fourth-order valence-corrected chi connectivity index (χ4v) is 1.82. The molecule has 0 amide bonds. The van der Waals surface area contributed by atoms with Crippen LogP contribution < -0.4 is 0 Å². The van der Waals surface area contributed by atoms with Crippen molar-refractivity contribution < 1.29 is 4.79 Å². The van der Waals surface area contributed by atoms with Gasteiger partial charge in [0.05, 0.1) is 11.4 Å². The molecule has 0 aliphatic heterocycles. The zero-order chi connectivity index (χ0) is 13.3. The van der Waals surface area contributed by atoms with Crippen molar-refractivity contribution in [3.8, 4) is 0 Å². The van der Waals surface area contributed by atoms with Crippen molar-refractivity contribution in [2.75, 3.05) is 0 Å². The van der Waals surface area contributed by atoms with Gasteiger partial charge in [0.1, 0.15) is 0 Å². The molecule has 3 nitrogen and oxygen atoms in total. The van der Waals surface area contributed by atoms with Crippen LogP contribution in [0.15, 0.2) is 24.3 Å². The van der Waals surface area contributed by atoms with Gasteiger partial charge < -0.3 is 0 Å². The largest absolute Gasteiger partial charge is 0.289 e. The summed E-state index contributed by atoms with van der Waals surface area (Å²) in [5, 5.41) is 7.94. The van der Waals surface area contributed by atoms with Crippen molar-refractivity contribution in [1.29, 1.82) is 0 Å². The highest BCUT2D eigenvalue weighted by atomic mass is 16.1. The van der Waals surface area contributed by atoms with Gasteiger partial charge in [-0.1, -0.05) is 12.1 Å². The van der Waals surface area contributed by atoms with E-state index in [0.29, 0.717) is 16.8 Å². The molecule has 3 heteroatoms. The third kappa shape index (κ3) is 2.30. The first-order chi connectivity index (χ1) is 8.49. The predicted octanol–water partition coefficient (Wildman–Crippen LogP) is 2.94. The van der Waals surface area contributed by atoms with Gasteiger partial charge >= 0.3 is 0 Å². The zero-order valence-corrected chi connectivity index (χ0v) is 11.1. The molecule has 0 radical (unpaired) electrons. The molecule has 2 aromatic rings. The van der Waals surface area contributed by atoms with E-state index in [0.717, 1.165) is 11.3 Å². The summed E-state index contributed by atoms with van der Waals surface area (Å²) in [6.07, 6.45) is 0. The SMILES string of the molecule is Cc1cc(C(=O)c2ccc(C)c(C)c2)c(C)nn1. The number of benzene rings is 1. The van der Waals surface area contributed by atoms with Crippen molar-refractivity contribution >= 4 is 5.78 Å². The summed E-state index contributed by atoms with van der Waals surface area (Å²) in [7, 11) is 0. The molecule has 92 valence electrons. The van der Waals surface area contributed by atoms with Gasteiger partial charge in [-0.15, -0.1) is 0 Å². The molecule has 0 aliphatic rings. The molecule has 0 spiro atoms. The topological polar surface area (TPSA) is 42.9 Å². The maximum Gasteiger partial charge on any atom is 0.194 e. The van der Waals surface area contributed by atoms with Gasteiger partial charge in [0.15, 0.2) is 5.78 Å². The molecule has 0 saturated carbocycles. The minimum atomic E-state index is 0.00796. The standard InChI is InChI=1S/C15H16N2O/c1-9-5-6-13(7-10(9)2)15(18)14-8-11(3)16-17-12(14)4/h5-8H,1-4H3. The number of ketones is 1. The second kappa shape index (κ2) is 4.69. The van der Waals surface area contributed by atoms with Crippen LogP contribution in [-0.2, 0) is 0 Å². The molecule has 0 aliphatic carbocycles. The van der Waals surface area contributed by atoms with Gasteiger partial charge in [-0.3, -0.25) is 4.79 Å². The summed E-state index contributed by atoms with van der Waals surface area (Å²) >= 11 is 0. The molecule has 18 heavy (non-hydrogen) atoms. The Balaban J connectivity index is 2.47. The van der Waals surface area contributed by atoms with E-state index in [2.05, 4.69) is 10.2 Å². The lowest BCUT2D eigenvalue weighted by Gasteiger charge is -2.07. The smallest absolute Gasteiger partial charge is 0.194 e. The molecule has 2 rings (SSSR count). The highest BCUT2D eigenvalue weighted by Gasteiger charge is 2.13. The van der Waals surface area contributed by atoms with E-state index in [1.165, 1.54) is 5.56 Å². The van der Waals surface area contributed by atoms with Crippen molar-refractivity contribution in [2.45, 2.75) is 27.7 Å². The molecule has 1 heterocycles. The van der Waals surface area contributed by atoms with E-state index in [-0.39, 0.29) is 5.78 Å². The van der Waals surface area contributed by atoms with Crippen molar-refractivity contribution in [2.24, 2.45) is 0 Å². The van der Waals surface area contributed by atoms with Crippen LogP contribution >= 0.6 is 0 Å². The van der Waals surface area contributed by atoms with E-state index in [4.69, 9.17) is 0 Å². The Morgan fingerprint density at radius 1 is 0.944 bits per heavy atom. The third-order valence-electron chi connectivity index (χ3n) is 3.11. The molecule has 0 unspecified atom stereocenters. The summed E-state index contributed by atoms with van der Waals surface area (Å²) < 4.78 is 0. The number of nitrogens with zero attached hydrogens (tertiary/aromatic N) is 2. The maximum atomic E-state index is 12.4. The Morgan fingerprint density at radius 2 is 1.67 bits per heavy atom. The van der Waals surface area contributed by atoms with Gasteiger partial charge in [0.2, 0.25) is 0 Å². The van der Waals surface area contributed by atoms with Gasteiger partial charge in [-0.05, 0) is 51.0 Å². The lowest BCUT2D eigenvalue weighted by atomic mass is 9.98. The molecule has 0 N–H and O–H groups in total. The first-order valence-corrected chi connectivity index (χ1v) is 5.92. The normalized spacial score (nSPS) is 10.4. The average Bonchev–Trinajstić information content (AvgIpc) is 2.35. The monoisotopic (exact) mass is 240 g/mol. The van der Waals surface area contributed by atoms with Crippen molar-refractivity contribution in [1.82, 2.24) is 10.2 Å². The van der Waals surface area contributed by atoms with Crippen LogP contribution in [0.3, 0.4) is 0 Å². The summed E-state index contributed by atoms with van der Waals surface area (Å²) in [5.41, 5.74) is 5.07. The number of hydrogen-bond donors (Lipinski definition) is 0. The van der Waals surface area contributed by atoms with Crippen molar-refractivity contribution in [3.05, 3.63) is 57.9 Å². The fourth-order valence-electron chi connectivity index (χ4n) is 1.82. The molecule has 1 aromatic heterocycles. The molecule has 0 saturated heterocycles. The van der Waals surface area contributed by atoms with Gasteiger partial charge in [0, 0.05) is 11.1 Å². The van der Waals surface area contributed by atoms with Crippen LogP contribution in [0.25, 0.3) is 0 Å². The van der Waals surface area contributed by atoms with Gasteiger partial charge in [-0.25, -0.2) is 0 Å². The molecule has 0 atom stereocenters. The molecule has 0 fully saturated rings. The number of aromatic nitrogens is 2. The van der Waals surface area contributed by atoms with Crippen LogP contribution in [-0.4, -0.2) is 16.0 Å². The Morgan fingerprint density at radius 3 is 2.33 bits per heavy atom. The van der Waals surface area contributed by atoms with E-state index < -0.39 is 0 Å². The molecule has 1 aromatic carbocycles. The van der Waals surface area contributed by atoms with E-state index in [9.17, 15) is 4.79 Å². The Bertz CT molecular complexity index is 618. The Hall–Kier alpha value is -2.03. The van der Waals surface area contributed by atoms with Gasteiger partial charge in [-0.2, -0.15) is 10.2 Å². The average molecular weight is 240 g/mol. The Kier molecular flexibility index (Phi) is 3.24. The summed E-state index contributed by atoms with van der Waals surface area (Å²) in [5.74, 6) is 0.00796. The van der Waals surface area contributed by atoms with Crippen LogP contribution in [0.5, 0.6) is 0 Å². The van der Waals surface area contributed by atoms with Gasteiger partial charge in [0.25, 0.3) is 0 Å². The number of rotatable bonds is 2. The van der Waals surface area contributed by atoms with E-state index in [1.54, 1.807) is 13.0 Å². The quantitative estimate of drug-likeness (QED) is 0.758. The van der Waals surface area contributed by atoms with Crippen molar-refractivity contribution in [3.63, 3.8) is 0 Å². The molecule has 0 bridgehead atoms. The van der Waals surface area contributed by atoms with E-state index >= 15 is 0 Å². The highest BCUT2D eigenvalue weighted by Crippen LogP contribution is 2.16. The Labute approximate surface area is 107 Å². The van der Waals surface area contributed by atoms with Crippen LogP contribution in [0.1, 0.15) is 38.4 Å². The minimum Gasteiger partial charge on any atom is -0.289 e. The first-order valence-electron chi connectivity index (χ1n) is 5.92. The third-order valence-corrected chi connectivity index (χ3v) is 3.11. The number of aryl methyl sites for hydroxylation is 4. The number of hydrogen-bond acceptors (Lipinski definition) is 3. The van der Waals surface area contributed by atoms with Crippen LogP contribution in [0.2, 0.25) is 0 Å². The minimum absolute atomic E-state index is 0.00796. The van der Waals surface area contributed by atoms with Crippen LogP contribution in [0.4, 0.5) is 0 Å². The highest BCUT2D eigenvalue weighted by molar-refractivity contribution is 6.09. The summed E-state index contributed by atoms with van der Waals surface area (Å²) in [6.45, 7) is 7.69. The fraction of sp³-hybridized carbons (Fsp3) is 0.267. The second-order valence-corrected chi connectivity index (χ2v) is 4.61. The second-order valence-electron chi connectivity index (χ2n) is 4.61. The molecular formula is C15H16N2O. The maximum absolute atomic E-state index is 12.4. The number of carbonyl (C=O) groups is 1. The molecular weight excluding hydrogens is 224 g/mol. The lowest BCUT2D eigenvalue weighted by molar-refractivity contribution is 0.103.